The van der Waals surface area contributed by atoms with Gasteiger partial charge >= 0.3 is 0 Å². The summed E-state index contributed by atoms with van der Waals surface area (Å²) in [6.45, 7) is 4.95. The van der Waals surface area contributed by atoms with Gasteiger partial charge in [-0.05, 0) is 37.1 Å². The molecule has 0 spiro atoms. The van der Waals surface area contributed by atoms with Crippen LogP contribution in [0.25, 0.3) is 0 Å². The predicted molar refractivity (Wildman–Crippen MR) is 85.5 cm³/mol. The van der Waals surface area contributed by atoms with Crippen LogP contribution in [-0.2, 0) is 4.79 Å². The van der Waals surface area contributed by atoms with Gasteiger partial charge in [0.25, 0.3) is 5.91 Å². The fraction of sp³-hybridized carbons (Fsp3) is 0.467. The summed E-state index contributed by atoms with van der Waals surface area (Å²) >= 11 is 6.03. The van der Waals surface area contributed by atoms with Gasteiger partial charge in [0, 0.05) is 18.7 Å². The Labute approximate surface area is 130 Å². The van der Waals surface area contributed by atoms with Crippen LogP contribution in [-0.4, -0.2) is 24.9 Å². The van der Waals surface area contributed by atoms with Crippen molar-refractivity contribution < 1.29 is 9.59 Å². The minimum absolute atomic E-state index is 0.0817. The molecule has 0 fully saturated rings. The van der Waals surface area contributed by atoms with Crippen molar-refractivity contribution in [3.63, 3.8) is 0 Å². The van der Waals surface area contributed by atoms with E-state index in [2.05, 4.69) is 10.6 Å². The van der Waals surface area contributed by atoms with Crippen LogP contribution in [0.15, 0.2) is 18.2 Å². The predicted octanol–water partition coefficient (Wildman–Crippen LogP) is 2.40. The molecule has 0 atom stereocenters. The van der Waals surface area contributed by atoms with Crippen molar-refractivity contribution in [1.82, 2.24) is 5.32 Å². The van der Waals surface area contributed by atoms with Gasteiger partial charge < -0.3 is 16.4 Å². The first-order chi connectivity index (χ1) is 9.93. The van der Waals surface area contributed by atoms with Crippen molar-refractivity contribution >= 4 is 29.1 Å². The fourth-order valence-electron chi connectivity index (χ4n) is 1.76. The molecule has 0 heterocycles. The van der Waals surface area contributed by atoms with Crippen LogP contribution in [0, 0.1) is 5.92 Å². The van der Waals surface area contributed by atoms with Gasteiger partial charge in [0.1, 0.15) is 0 Å². The molecule has 1 aromatic rings. The summed E-state index contributed by atoms with van der Waals surface area (Å²) in [4.78, 5) is 23.7. The normalized spacial score (nSPS) is 10.5. The maximum atomic E-state index is 12.0. The van der Waals surface area contributed by atoms with E-state index in [0.717, 1.165) is 0 Å². The van der Waals surface area contributed by atoms with E-state index in [0.29, 0.717) is 42.2 Å². The third-order valence-electron chi connectivity index (χ3n) is 2.75. The highest BCUT2D eigenvalue weighted by Gasteiger charge is 2.12. The standard InChI is InChI=1S/C15H22ClN3O2/c1-10(2)8-14(20)19-11-4-5-13(16)12(9-11)15(21)18-7-3-6-17/h4-5,9-10H,3,6-8,17H2,1-2H3,(H,18,21)(H,19,20). The molecule has 0 saturated carbocycles. The number of nitrogens with two attached hydrogens (primary N) is 1. The second-order valence-electron chi connectivity index (χ2n) is 5.24. The molecule has 0 bridgehead atoms. The average molecular weight is 312 g/mol. The van der Waals surface area contributed by atoms with Gasteiger partial charge in [0.2, 0.25) is 5.91 Å². The lowest BCUT2D eigenvalue weighted by Gasteiger charge is -2.10. The molecule has 0 aromatic heterocycles. The maximum absolute atomic E-state index is 12.0. The summed E-state index contributed by atoms with van der Waals surface area (Å²) in [5.41, 5.74) is 6.28. The van der Waals surface area contributed by atoms with Crippen LogP contribution in [0.2, 0.25) is 5.02 Å². The second-order valence-corrected chi connectivity index (χ2v) is 5.65. The van der Waals surface area contributed by atoms with Crippen LogP contribution in [0.3, 0.4) is 0 Å². The highest BCUT2D eigenvalue weighted by atomic mass is 35.5. The Morgan fingerprint density at radius 2 is 2.05 bits per heavy atom. The first-order valence-electron chi connectivity index (χ1n) is 7.01. The fourth-order valence-corrected chi connectivity index (χ4v) is 1.96. The molecule has 5 nitrogen and oxygen atoms in total. The molecular weight excluding hydrogens is 290 g/mol. The molecule has 0 radical (unpaired) electrons. The second kappa shape index (κ2) is 8.64. The summed E-state index contributed by atoms with van der Waals surface area (Å²) in [6, 6.07) is 4.86. The van der Waals surface area contributed by atoms with Crippen molar-refractivity contribution in [2.75, 3.05) is 18.4 Å². The number of rotatable bonds is 7. The Balaban J connectivity index is 2.75. The molecule has 0 aliphatic heterocycles. The molecule has 0 aliphatic carbocycles. The minimum Gasteiger partial charge on any atom is -0.352 e. The lowest BCUT2D eigenvalue weighted by atomic mass is 10.1. The van der Waals surface area contributed by atoms with Gasteiger partial charge in [-0.25, -0.2) is 0 Å². The van der Waals surface area contributed by atoms with Gasteiger partial charge in [0.05, 0.1) is 10.6 Å². The van der Waals surface area contributed by atoms with Crippen LogP contribution in [0.1, 0.15) is 37.0 Å². The number of anilines is 1. The van der Waals surface area contributed by atoms with Crippen LogP contribution in [0.4, 0.5) is 5.69 Å². The van der Waals surface area contributed by atoms with E-state index in [-0.39, 0.29) is 17.7 Å². The maximum Gasteiger partial charge on any atom is 0.252 e. The van der Waals surface area contributed by atoms with E-state index in [9.17, 15) is 9.59 Å². The Morgan fingerprint density at radius 1 is 1.33 bits per heavy atom. The van der Waals surface area contributed by atoms with E-state index in [1.54, 1.807) is 18.2 Å². The molecule has 116 valence electrons. The Kier molecular flexibility index (Phi) is 7.19. The number of amides is 2. The van der Waals surface area contributed by atoms with Crippen molar-refractivity contribution in [1.29, 1.82) is 0 Å². The SMILES string of the molecule is CC(C)CC(=O)Nc1ccc(Cl)c(C(=O)NCCCN)c1. The Hall–Kier alpha value is -1.59. The summed E-state index contributed by atoms with van der Waals surface area (Å²) in [5.74, 6) is -0.0773. The first-order valence-corrected chi connectivity index (χ1v) is 7.39. The molecule has 1 rings (SSSR count). The number of benzene rings is 1. The van der Waals surface area contributed by atoms with E-state index in [4.69, 9.17) is 17.3 Å². The minimum atomic E-state index is -0.270. The van der Waals surface area contributed by atoms with Crippen LogP contribution >= 0.6 is 11.6 Å². The summed E-state index contributed by atoms with van der Waals surface area (Å²) in [7, 11) is 0. The zero-order valence-corrected chi connectivity index (χ0v) is 13.2. The third-order valence-corrected chi connectivity index (χ3v) is 3.08. The first kappa shape index (κ1) is 17.5. The van der Waals surface area contributed by atoms with Crippen molar-refractivity contribution in [2.45, 2.75) is 26.7 Å². The van der Waals surface area contributed by atoms with Crippen molar-refractivity contribution in [3.8, 4) is 0 Å². The Morgan fingerprint density at radius 3 is 2.67 bits per heavy atom. The lowest BCUT2D eigenvalue weighted by Crippen LogP contribution is -2.26. The Bertz CT molecular complexity index is 504. The average Bonchev–Trinajstić information content (AvgIpc) is 2.40. The van der Waals surface area contributed by atoms with Crippen molar-refractivity contribution in [2.24, 2.45) is 11.7 Å². The molecular formula is C15H22ClN3O2. The van der Waals surface area contributed by atoms with Crippen LogP contribution in [0.5, 0.6) is 0 Å². The molecule has 0 unspecified atom stereocenters. The molecule has 0 aliphatic rings. The lowest BCUT2D eigenvalue weighted by molar-refractivity contribution is -0.116. The van der Waals surface area contributed by atoms with E-state index in [1.165, 1.54) is 0 Å². The number of halogens is 1. The quantitative estimate of drug-likeness (QED) is 0.676. The third kappa shape index (κ3) is 6.14. The van der Waals surface area contributed by atoms with Gasteiger partial charge in [-0.3, -0.25) is 9.59 Å². The highest BCUT2D eigenvalue weighted by molar-refractivity contribution is 6.34. The van der Waals surface area contributed by atoms with E-state index in [1.807, 2.05) is 13.8 Å². The van der Waals surface area contributed by atoms with Gasteiger partial charge in [-0.1, -0.05) is 25.4 Å². The molecule has 4 N–H and O–H groups in total. The van der Waals surface area contributed by atoms with Crippen molar-refractivity contribution in [3.05, 3.63) is 28.8 Å². The molecule has 21 heavy (non-hydrogen) atoms. The molecule has 1 aromatic carbocycles. The van der Waals surface area contributed by atoms with Gasteiger partial charge in [0.15, 0.2) is 0 Å². The van der Waals surface area contributed by atoms with Gasteiger partial charge in [-0.2, -0.15) is 0 Å². The molecule has 0 saturated heterocycles. The number of carbonyl (C=O) groups is 2. The number of carbonyl (C=O) groups excluding carboxylic acids is 2. The summed E-state index contributed by atoms with van der Waals surface area (Å²) < 4.78 is 0. The van der Waals surface area contributed by atoms with Crippen LogP contribution < -0.4 is 16.4 Å². The topological polar surface area (TPSA) is 84.2 Å². The molecule has 2 amide bonds. The highest BCUT2D eigenvalue weighted by Crippen LogP contribution is 2.21. The zero-order chi connectivity index (χ0) is 15.8. The smallest absolute Gasteiger partial charge is 0.252 e. The zero-order valence-electron chi connectivity index (χ0n) is 12.4. The number of nitrogens with one attached hydrogen (secondary N) is 2. The largest absolute Gasteiger partial charge is 0.352 e. The summed E-state index contributed by atoms with van der Waals surface area (Å²) in [5, 5.41) is 5.85. The van der Waals surface area contributed by atoms with E-state index < -0.39 is 0 Å². The monoisotopic (exact) mass is 311 g/mol. The molecule has 6 heteroatoms. The number of hydrogen-bond acceptors (Lipinski definition) is 3. The summed E-state index contributed by atoms with van der Waals surface area (Å²) in [6.07, 6.45) is 1.13. The van der Waals surface area contributed by atoms with Gasteiger partial charge in [-0.15, -0.1) is 0 Å². The number of hydrogen-bond donors (Lipinski definition) is 3. The van der Waals surface area contributed by atoms with E-state index >= 15 is 0 Å².